The summed E-state index contributed by atoms with van der Waals surface area (Å²) in [4.78, 5) is 79.2. The largest absolute Gasteiger partial charge is 0.453 e. The van der Waals surface area contributed by atoms with Crippen molar-refractivity contribution in [2.45, 2.75) is 179 Å². The van der Waals surface area contributed by atoms with Crippen molar-refractivity contribution < 1.29 is 33.4 Å². The van der Waals surface area contributed by atoms with Crippen LogP contribution in [-0.2, 0) is 49.5 Å². The number of carbonyl (C=O) groups is 5. The number of methoxy groups -OCH3 is 2. The van der Waals surface area contributed by atoms with Crippen molar-refractivity contribution in [3.8, 4) is 22.4 Å². The number of H-pyrrole nitrogens is 1. The molecule has 2 aromatic carbocycles. The number of nitrogens with zero attached hydrogens (tertiary/aromatic N) is 3. The van der Waals surface area contributed by atoms with E-state index in [4.69, 9.17) is 14.5 Å². The van der Waals surface area contributed by atoms with E-state index in [1.807, 2.05) is 43.7 Å². The van der Waals surface area contributed by atoms with E-state index in [-0.39, 0.29) is 65.8 Å². The molecule has 3 aromatic rings. The Kier molecular flexibility index (Phi) is 12.7. The van der Waals surface area contributed by atoms with Crippen LogP contribution in [-0.4, -0.2) is 107 Å². The molecule has 10 atom stereocenters. The molecule has 5 aliphatic carbocycles. The SMILES string of the molecule is COC(=O)N[C@H](C(=O)N1CCC[C@H]1c1ncc(-c2ccc(-c3ccc(C4CCC5NC([C@@H]6CC7CC7N6C(=O)[C@@H](NC(=O)OC)C(C)C)NC(=O)C5C4)c4c3CC3(CCCC3)C4)c3c2CCC3)[nH]1)C(C)C. The van der Waals surface area contributed by atoms with E-state index >= 15 is 0 Å². The summed E-state index contributed by atoms with van der Waals surface area (Å²) in [6.45, 7) is 8.35. The fraction of sp³-hybridized carbons (Fsp3) is 0.643. The summed E-state index contributed by atoms with van der Waals surface area (Å²) in [5.74, 6) is 1.01. The third-order valence-corrected chi connectivity index (χ3v) is 18.4. The smallest absolute Gasteiger partial charge is 0.407 e. The zero-order valence-electron chi connectivity index (χ0n) is 42.5. The van der Waals surface area contributed by atoms with Gasteiger partial charge in [0.05, 0.1) is 44.1 Å². The minimum absolute atomic E-state index is 0.0423. The molecule has 15 nitrogen and oxygen atoms in total. The lowest BCUT2D eigenvalue weighted by Gasteiger charge is -2.46. The Labute approximate surface area is 418 Å². The minimum Gasteiger partial charge on any atom is -0.453 e. The molecule has 8 aliphatic rings. The lowest BCUT2D eigenvalue weighted by molar-refractivity contribution is -0.140. The van der Waals surface area contributed by atoms with Gasteiger partial charge in [0, 0.05) is 24.2 Å². The third-order valence-electron chi connectivity index (χ3n) is 18.4. The van der Waals surface area contributed by atoms with Gasteiger partial charge in [0.15, 0.2) is 0 Å². The number of likely N-dealkylation sites (tertiary alicyclic amines) is 2. The molecule has 11 rings (SSSR count). The summed E-state index contributed by atoms with van der Waals surface area (Å²) >= 11 is 0. The van der Waals surface area contributed by atoms with Crippen molar-refractivity contribution in [2.75, 3.05) is 20.8 Å². The third kappa shape index (κ3) is 8.58. The van der Waals surface area contributed by atoms with E-state index in [0.29, 0.717) is 23.8 Å². The second-order valence-electron chi connectivity index (χ2n) is 23.3. The highest BCUT2D eigenvalue weighted by Gasteiger charge is 2.58. The quantitative estimate of drug-likeness (QED) is 0.129. The van der Waals surface area contributed by atoms with Crippen molar-refractivity contribution in [1.29, 1.82) is 0 Å². The Morgan fingerprint density at radius 3 is 2.11 bits per heavy atom. The molecule has 3 saturated heterocycles. The van der Waals surface area contributed by atoms with Crippen molar-refractivity contribution in [3.63, 3.8) is 0 Å². The number of hydrogen-bond donors (Lipinski definition) is 5. The molecule has 0 bridgehead atoms. The maximum absolute atomic E-state index is 14.3. The number of aromatic nitrogens is 2. The fourth-order valence-electron chi connectivity index (χ4n) is 14.8. The van der Waals surface area contributed by atoms with Gasteiger partial charge in [-0.3, -0.25) is 19.7 Å². The van der Waals surface area contributed by atoms with E-state index < -0.39 is 24.3 Å². The van der Waals surface area contributed by atoms with Crippen LogP contribution in [0.2, 0.25) is 0 Å². The summed E-state index contributed by atoms with van der Waals surface area (Å²) in [7, 11) is 2.63. The molecular weight excluding hydrogens is 897 g/mol. The van der Waals surface area contributed by atoms with Crippen molar-refractivity contribution in [1.82, 2.24) is 41.0 Å². The van der Waals surface area contributed by atoms with Crippen LogP contribution in [0.1, 0.15) is 150 Å². The normalized spacial score (nSPS) is 28.8. The Hall–Kier alpha value is -5.44. The standard InChI is InChI=1S/C56H74N8O7/c1-29(2)47(60-54(68)70-5)52(66)63-22-10-13-44(63)49-57-28-43(59-49)38-18-17-36(34-11-9-12-35(34)38)37-16-15-33(40-26-56(27-41(37)40)20-7-8-21-56)31-14-19-42-39(23-31)51(65)62-50(58-42)46-25-32-24-45(32)64(46)53(67)48(30(3)4)61-55(69)71-6/h15-18,28-32,39,42,44-48,50,58H,7-14,19-27H2,1-6H3,(H,57,59)(H,60,68)(H,61,69)(H,62,65)/t31?,32?,39?,42?,44-,45?,46-,47-,48-,50?/m0/s1. The molecule has 4 heterocycles. The molecule has 3 aliphatic heterocycles. The van der Waals surface area contributed by atoms with Crippen molar-refractivity contribution >= 4 is 29.9 Å². The van der Waals surface area contributed by atoms with E-state index in [1.54, 1.807) is 5.56 Å². The Morgan fingerprint density at radius 1 is 0.746 bits per heavy atom. The van der Waals surface area contributed by atoms with Crippen LogP contribution in [0.15, 0.2) is 30.5 Å². The lowest BCUT2D eigenvalue weighted by atomic mass is 9.72. The van der Waals surface area contributed by atoms with Crippen LogP contribution in [0.5, 0.6) is 0 Å². The summed E-state index contributed by atoms with van der Waals surface area (Å²) in [6, 6.07) is 7.95. The van der Waals surface area contributed by atoms with Crippen LogP contribution in [0.3, 0.4) is 0 Å². The number of benzene rings is 2. The van der Waals surface area contributed by atoms with Crippen LogP contribution in [0.4, 0.5) is 9.59 Å². The highest BCUT2D eigenvalue weighted by Crippen LogP contribution is 2.55. The van der Waals surface area contributed by atoms with Crippen LogP contribution in [0, 0.1) is 29.1 Å². The van der Waals surface area contributed by atoms with Gasteiger partial charge in [-0.1, -0.05) is 64.8 Å². The summed E-state index contributed by atoms with van der Waals surface area (Å²) < 4.78 is 9.72. The molecule has 5 N–H and O–H groups in total. The van der Waals surface area contributed by atoms with E-state index in [0.717, 1.165) is 88.6 Å². The molecule has 6 unspecified atom stereocenters. The lowest BCUT2D eigenvalue weighted by Crippen LogP contribution is -2.69. The number of rotatable bonds is 11. The molecule has 1 spiro atoms. The Morgan fingerprint density at radius 2 is 1.39 bits per heavy atom. The first kappa shape index (κ1) is 47.9. The molecule has 3 saturated carbocycles. The van der Waals surface area contributed by atoms with Gasteiger partial charge >= 0.3 is 12.2 Å². The summed E-state index contributed by atoms with van der Waals surface area (Å²) in [5, 5.41) is 12.8. The van der Waals surface area contributed by atoms with Crippen molar-refractivity contribution in [2.24, 2.45) is 29.1 Å². The van der Waals surface area contributed by atoms with Gasteiger partial charge < -0.3 is 40.2 Å². The van der Waals surface area contributed by atoms with Gasteiger partial charge in [0.1, 0.15) is 24.1 Å². The number of amides is 5. The van der Waals surface area contributed by atoms with Gasteiger partial charge in [-0.15, -0.1) is 0 Å². The number of fused-ring (bicyclic) bond motifs is 4. The zero-order valence-corrected chi connectivity index (χ0v) is 42.5. The Bertz CT molecular complexity index is 2600. The van der Waals surface area contributed by atoms with Crippen LogP contribution < -0.4 is 21.3 Å². The number of hydrogen-bond acceptors (Lipinski definition) is 9. The first-order valence-electron chi connectivity index (χ1n) is 27.0. The summed E-state index contributed by atoms with van der Waals surface area (Å²) in [6.07, 6.45) is 17.1. The second kappa shape index (κ2) is 18.9. The molecule has 0 radical (unpaired) electrons. The molecular formula is C56H74N8O7. The van der Waals surface area contributed by atoms with Gasteiger partial charge in [-0.2, -0.15) is 0 Å². The second-order valence-corrected chi connectivity index (χ2v) is 23.3. The number of imidazole rings is 1. The first-order chi connectivity index (χ1) is 34.3. The highest BCUT2D eigenvalue weighted by atomic mass is 16.5. The average molecular weight is 971 g/mol. The highest BCUT2D eigenvalue weighted by molar-refractivity contribution is 5.88. The molecule has 15 heteroatoms. The van der Waals surface area contributed by atoms with Crippen LogP contribution in [0.25, 0.3) is 22.4 Å². The number of aromatic amines is 1. The van der Waals surface area contributed by atoms with Crippen molar-refractivity contribution in [3.05, 3.63) is 64.1 Å². The number of ether oxygens (including phenoxy) is 2. The zero-order chi connectivity index (χ0) is 49.5. The number of piperidine rings is 1. The fourth-order valence-corrected chi connectivity index (χ4v) is 14.8. The maximum Gasteiger partial charge on any atom is 0.407 e. The van der Waals surface area contributed by atoms with E-state index in [1.165, 1.54) is 78.8 Å². The summed E-state index contributed by atoms with van der Waals surface area (Å²) in [5.41, 5.74) is 12.5. The van der Waals surface area contributed by atoms with Gasteiger partial charge in [0.25, 0.3) is 0 Å². The maximum atomic E-state index is 14.3. The first-order valence-corrected chi connectivity index (χ1v) is 27.0. The molecule has 6 fully saturated rings. The van der Waals surface area contributed by atoms with Gasteiger partial charge in [0.2, 0.25) is 17.7 Å². The number of alkyl carbamates (subject to hydrolysis) is 2. The predicted octanol–water partition coefficient (Wildman–Crippen LogP) is 7.60. The molecule has 5 amide bonds. The molecule has 71 heavy (non-hydrogen) atoms. The van der Waals surface area contributed by atoms with E-state index in [2.05, 4.69) is 50.5 Å². The number of nitrogens with one attached hydrogen (secondary N) is 5. The van der Waals surface area contributed by atoms with Crippen LogP contribution >= 0.6 is 0 Å². The van der Waals surface area contributed by atoms with Gasteiger partial charge in [-0.05, 0) is 158 Å². The molecule has 380 valence electrons. The average Bonchev–Trinajstić information content (AvgIpc) is 4.13. The minimum atomic E-state index is -0.697. The topological polar surface area (TPSA) is 187 Å². The monoisotopic (exact) mass is 971 g/mol. The van der Waals surface area contributed by atoms with E-state index in [9.17, 15) is 24.0 Å². The predicted molar refractivity (Wildman–Crippen MR) is 268 cm³/mol. The number of carbonyl (C=O) groups excluding carboxylic acids is 5. The Balaban J connectivity index is 0.828. The molecule has 1 aromatic heterocycles. The van der Waals surface area contributed by atoms with Gasteiger partial charge in [-0.25, -0.2) is 14.6 Å².